The normalized spacial score (nSPS) is 12.8. The number of imidazole rings is 1. The summed E-state index contributed by atoms with van der Waals surface area (Å²) in [5, 5.41) is 0. The van der Waals surface area contributed by atoms with Gasteiger partial charge in [0.25, 0.3) is 0 Å². The SMILES string of the molecule is O=c1[nH]c2ccc(C(Br)c3ccc(Br)cc3F)cc2[nH]1. The highest BCUT2D eigenvalue weighted by Crippen LogP contribution is 2.34. The summed E-state index contributed by atoms with van der Waals surface area (Å²) in [5.41, 5.74) is 2.60. The zero-order valence-corrected chi connectivity index (χ0v) is 13.3. The zero-order chi connectivity index (χ0) is 14.3. The molecule has 3 aromatic rings. The van der Waals surface area contributed by atoms with Crippen LogP contribution >= 0.6 is 31.9 Å². The Labute approximate surface area is 130 Å². The number of H-pyrrole nitrogens is 2. The first-order valence-electron chi connectivity index (χ1n) is 5.85. The van der Waals surface area contributed by atoms with Crippen LogP contribution in [0.4, 0.5) is 4.39 Å². The van der Waals surface area contributed by atoms with E-state index in [-0.39, 0.29) is 16.3 Å². The molecule has 0 aliphatic heterocycles. The lowest BCUT2D eigenvalue weighted by Gasteiger charge is -2.12. The van der Waals surface area contributed by atoms with E-state index in [9.17, 15) is 9.18 Å². The van der Waals surface area contributed by atoms with Gasteiger partial charge >= 0.3 is 5.69 Å². The van der Waals surface area contributed by atoms with Crippen molar-refractivity contribution < 1.29 is 4.39 Å². The van der Waals surface area contributed by atoms with Crippen molar-refractivity contribution in [3.63, 3.8) is 0 Å². The van der Waals surface area contributed by atoms with Crippen molar-refractivity contribution >= 4 is 42.9 Å². The number of aromatic amines is 2. The van der Waals surface area contributed by atoms with E-state index in [1.807, 2.05) is 12.1 Å². The van der Waals surface area contributed by atoms with Crippen molar-refractivity contribution in [1.82, 2.24) is 9.97 Å². The molecule has 1 aromatic heterocycles. The maximum Gasteiger partial charge on any atom is 0.323 e. The third kappa shape index (κ3) is 2.45. The summed E-state index contributed by atoms with van der Waals surface area (Å²) in [4.78, 5) is 16.3. The third-order valence-electron chi connectivity index (χ3n) is 3.07. The van der Waals surface area contributed by atoms with Gasteiger partial charge in [-0.3, -0.25) is 0 Å². The minimum Gasteiger partial charge on any atom is -0.306 e. The van der Waals surface area contributed by atoms with Crippen molar-refractivity contribution in [2.75, 3.05) is 0 Å². The van der Waals surface area contributed by atoms with Gasteiger partial charge in [-0.1, -0.05) is 44.0 Å². The van der Waals surface area contributed by atoms with Crippen LogP contribution < -0.4 is 5.69 Å². The van der Waals surface area contributed by atoms with Gasteiger partial charge in [-0.25, -0.2) is 9.18 Å². The molecule has 0 radical (unpaired) electrons. The number of hydrogen-bond donors (Lipinski definition) is 2. The molecule has 1 atom stereocenters. The van der Waals surface area contributed by atoms with Gasteiger partial charge in [0.1, 0.15) is 5.82 Å². The third-order valence-corrected chi connectivity index (χ3v) is 4.58. The second kappa shape index (κ2) is 5.18. The van der Waals surface area contributed by atoms with E-state index < -0.39 is 0 Å². The Morgan fingerprint density at radius 2 is 1.80 bits per heavy atom. The molecule has 0 fully saturated rings. The molecular weight excluding hydrogens is 391 g/mol. The van der Waals surface area contributed by atoms with Crippen LogP contribution in [0.2, 0.25) is 0 Å². The minimum absolute atomic E-state index is 0.252. The molecule has 0 spiro atoms. The largest absolute Gasteiger partial charge is 0.323 e. The van der Waals surface area contributed by atoms with Gasteiger partial charge < -0.3 is 9.97 Å². The lowest BCUT2D eigenvalue weighted by molar-refractivity contribution is 0.612. The van der Waals surface area contributed by atoms with Gasteiger partial charge in [0, 0.05) is 10.0 Å². The summed E-state index contributed by atoms with van der Waals surface area (Å²) < 4.78 is 14.7. The number of benzene rings is 2. The molecular formula is C14H9Br2FN2O. The standard InChI is InChI=1S/C14H9Br2FN2O/c15-8-2-3-9(10(17)6-8)13(16)7-1-4-11-12(5-7)19-14(20)18-11/h1-6,13H,(H2,18,19,20). The van der Waals surface area contributed by atoms with Crippen molar-refractivity contribution in [2.45, 2.75) is 4.83 Å². The lowest BCUT2D eigenvalue weighted by atomic mass is 10.0. The Morgan fingerprint density at radius 3 is 2.55 bits per heavy atom. The van der Waals surface area contributed by atoms with Crippen LogP contribution in [-0.2, 0) is 0 Å². The van der Waals surface area contributed by atoms with E-state index in [2.05, 4.69) is 41.8 Å². The van der Waals surface area contributed by atoms with E-state index in [0.29, 0.717) is 15.6 Å². The molecule has 1 unspecified atom stereocenters. The first-order chi connectivity index (χ1) is 9.54. The van der Waals surface area contributed by atoms with Crippen LogP contribution in [0.1, 0.15) is 16.0 Å². The number of hydrogen-bond acceptors (Lipinski definition) is 1. The first-order valence-corrected chi connectivity index (χ1v) is 7.56. The minimum atomic E-state index is -0.288. The summed E-state index contributed by atoms with van der Waals surface area (Å²) in [5.74, 6) is -0.288. The highest BCUT2D eigenvalue weighted by atomic mass is 79.9. The summed E-state index contributed by atoms with van der Waals surface area (Å²) >= 11 is 6.74. The molecule has 0 aliphatic carbocycles. The van der Waals surface area contributed by atoms with Crippen LogP contribution in [0.5, 0.6) is 0 Å². The van der Waals surface area contributed by atoms with Crippen molar-refractivity contribution in [3.8, 4) is 0 Å². The molecule has 6 heteroatoms. The maximum absolute atomic E-state index is 14.0. The molecule has 2 N–H and O–H groups in total. The number of fused-ring (bicyclic) bond motifs is 1. The van der Waals surface area contributed by atoms with Gasteiger partial charge in [-0.05, 0) is 29.8 Å². The second-order valence-corrected chi connectivity index (χ2v) is 6.24. The second-order valence-electron chi connectivity index (χ2n) is 4.41. The van der Waals surface area contributed by atoms with E-state index in [1.165, 1.54) is 6.07 Å². The van der Waals surface area contributed by atoms with Gasteiger partial charge in [0.15, 0.2) is 0 Å². The Hall–Kier alpha value is -1.40. The Morgan fingerprint density at radius 1 is 1.05 bits per heavy atom. The smallest absolute Gasteiger partial charge is 0.306 e. The van der Waals surface area contributed by atoms with Crippen LogP contribution in [0.3, 0.4) is 0 Å². The first kappa shape index (κ1) is 13.6. The van der Waals surface area contributed by atoms with Crippen molar-refractivity contribution in [3.05, 3.63) is 68.3 Å². The zero-order valence-electron chi connectivity index (χ0n) is 10.1. The summed E-state index contributed by atoms with van der Waals surface area (Å²) in [6.45, 7) is 0. The average Bonchev–Trinajstić information content (AvgIpc) is 2.77. The number of rotatable bonds is 2. The molecule has 0 saturated heterocycles. The predicted molar refractivity (Wildman–Crippen MR) is 83.8 cm³/mol. The number of alkyl halides is 1. The molecule has 0 saturated carbocycles. The Bertz CT molecular complexity index is 841. The van der Waals surface area contributed by atoms with E-state index >= 15 is 0 Å². The quantitative estimate of drug-likeness (QED) is 0.622. The van der Waals surface area contributed by atoms with Crippen LogP contribution in [-0.4, -0.2) is 9.97 Å². The molecule has 0 aliphatic rings. The monoisotopic (exact) mass is 398 g/mol. The van der Waals surface area contributed by atoms with Gasteiger partial charge in [0.05, 0.1) is 15.9 Å². The molecule has 3 rings (SSSR count). The molecule has 3 nitrogen and oxygen atoms in total. The van der Waals surface area contributed by atoms with Gasteiger partial charge in [-0.2, -0.15) is 0 Å². The van der Waals surface area contributed by atoms with Crippen LogP contribution in [0.15, 0.2) is 45.7 Å². The highest BCUT2D eigenvalue weighted by Gasteiger charge is 2.15. The summed E-state index contributed by atoms with van der Waals surface area (Å²) in [7, 11) is 0. The van der Waals surface area contributed by atoms with E-state index in [4.69, 9.17) is 0 Å². The molecule has 0 amide bonds. The fourth-order valence-electron chi connectivity index (χ4n) is 2.09. The topological polar surface area (TPSA) is 48.6 Å². The lowest BCUT2D eigenvalue weighted by Crippen LogP contribution is -1.99. The van der Waals surface area contributed by atoms with Crippen LogP contribution in [0.25, 0.3) is 11.0 Å². The van der Waals surface area contributed by atoms with Crippen LogP contribution in [0, 0.1) is 5.82 Å². The van der Waals surface area contributed by atoms with E-state index in [1.54, 1.807) is 18.2 Å². The molecule has 102 valence electrons. The fraction of sp³-hybridized carbons (Fsp3) is 0.0714. The predicted octanol–water partition coefficient (Wildman–Crippen LogP) is 4.24. The molecule has 2 aromatic carbocycles. The van der Waals surface area contributed by atoms with E-state index in [0.717, 1.165) is 11.1 Å². The summed E-state index contributed by atoms with van der Waals surface area (Å²) in [6, 6.07) is 10.4. The average molecular weight is 400 g/mol. The number of halogens is 3. The summed E-state index contributed by atoms with van der Waals surface area (Å²) in [6.07, 6.45) is 0. The molecule has 1 heterocycles. The number of nitrogens with one attached hydrogen (secondary N) is 2. The van der Waals surface area contributed by atoms with Crippen molar-refractivity contribution in [2.24, 2.45) is 0 Å². The maximum atomic E-state index is 14.0. The molecule has 0 bridgehead atoms. The van der Waals surface area contributed by atoms with Gasteiger partial charge in [-0.15, -0.1) is 0 Å². The highest BCUT2D eigenvalue weighted by molar-refractivity contribution is 9.10. The molecule has 20 heavy (non-hydrogen) atoms. The van der Waals surface area contributed by atoms with Gasteiger partial charge in [0.2, 0.25) is 0 Å². The van der Waals surface area contributed by atoms with Crippen molar-refractivity contribution in [1.29, 1.82) is 0 Å². The fourth-order valence-corrected chi connectivity index (χ4v) is 3.08. The number of aromatic nitrogens is 2. The Balaban J connectivity index is 2.06. The Kier molecular flexibility index (Phi) is 3.52.